The topological polar surface area (TPSA) is 159 Å². The molecule has 4 aromatic rings. The first-order chi connectivity index (χ1) is 19.2. The van der Waals surface area contributed by atoms with Crippen LogP contribution >= 0.6 is 23.1 Å². The standard InChI is InChI=1S/C22H22N4O7S2.C3H7NO/c1-6-32-21(28)17-10(2)15-18(27)23-14(24-20(15)35-17)9-34-22-26-25-19(33-22)11-7-12(29-3)16(31-5)13(8-11)30-4;1-4(2)3-5/h7-8H,6,9H2,1-5H3,(H,23,24,27);3H,1-2H3. The molecule has 13 nitrogen and oxygen atoms in total. The number of ether oxygens (including phenoxy) is 4. The summed E-state index contributed by atoms with van der Waals surface area (Å²) in [4.78, 5) is 43.8. The van der Waals surface area contributed by atoms with Gasteiger partial charge in [0.2, 0.25) is 18.1 Å². The lowest BCUT2D eigenvalue weighted by molar-refractivity contribution is -0.115. The Bertz CT molecular complexity index is 1520. The van der Waals surface area contributed by atoms with E-state index in [1.807, 2.05) is 0 Å². The number of carbonyl (C=O) groups is 2. The van der Waals surface area contributed by atoms with Gasteiger partial charge < -0.3 is 33.2 Å². The summed E-state index contributed by atoms with van der Waals surface area (Å²) in [7, 11) is 7.93. The van der Waals surface area contributed by atoms with Crippen molar-refractivity contribution >= 4 is 45.7 Å². The van der Waals surface area contributed by atoms with E-state index in [0.29, 0.717) is 49.3 Å². The van der Waals surface area contributed by atoms with Crippen LogP contribution in [0.1, 0.15) is 28.0 Å². The van der Waals surface area contributed by atoms with E-state index in [0.717, 1.165) is 17.7 Å². The van der Waals surface area contributed by atoms with E-state index < -0.39 is 5.97 Å². The van der Waals surface area contributed by atoms with Gasteiger partial charge in [-0.05, 0) is 31.5 Å². The first-order valence-electron chi connectivity index (χ1n) is 11.7. The van der Waals surface area contributed by atoms with E-state index >= 15 is 0 Å². The second-order valence-electron chi connectivity index (χ2n) is 8.11. The van der Waals surface area contributed by atoms with E-state index in [1.54, 1.807) is 40.1 Å². The molecule has 0 atom stereocenters. The monoisotopic (exact) mass is 591 g/mol. The van der Waals surface area contributed by atoms with E-state index in [9.17, 15) is 14.4 Å². The van der Waals surface area contributed by atoms with Crippen LogP contribution in [0.15, 0.2) is 26.6 Å². The Morgan fingerprint density at radius 1 is 1.15 bits per heavy atom. The third-order valence-corrected chi connectivity index (χ3v) is 7.17. The highest BCUT2D eigenvalue weighted by Gasteiger charge is 2.21. The molecule has 0 saturated heterocycles. The van der Waals surface area contributed by atoms with Crippen LogP contribution in [-0.2, 0) is 15.3 Å². The van der Waals surface area contributed by atoms with Gasteiger partial charge in [0.05, 0.1) is 39.1 Å². The molecule has 3 heterocycles. The first-order valence-corrected chi connectivity index (χ1v) is 13.5. The molecule has 0 aliphatic rings. The zero-order valence-electron chi connectivity index (χ0n) is 23.0. The molecule has 0 fully saturated rings. The van der Waals surface area contributed by atoms with Crippen molar-refractivity contribution in [1.82, 2.24) is 25.1 Å². The average molecular weight is 592 g/mol. The Balaban J connectivity index is 0.000000810. The molecular formula is C25H29N5O8S2. The summed E-state index contributed by atoms with van der Waals surface area (Å²) in [5.41, 5.74) is 0.828. The van der Waals surface area contributed by atoms with Crippen LogP contribution in [0.25, 0.3) is 21.7 Å². The van der Waals surface area contributed by atoms with Gasteiger partial charge in [0.25, 0.3) is 10.8 Å². The van der Waals surface area contributed by atoms with Crippen molar-refractivity contribution in [1.29, 1.82) is 0 Å². The smallest absolute Gasteiger partial charge is 0.348 e. The molecule has 40 heavy (non-hydrogen) atoms. The van der Waals surface area contributed by atoms with E-state index in [1.165, 1.54) is 38.0 Å². The maximum absolute atomic E-state index is 12.7. The lowest BCUT2D eigenvalue weighted by Gasteiger charge is -2.12. The Morgan fingerprint density at radius 2 is 1.80 bits per heavy atom. The number of esters is 1. The number of fused-ring (bicyclic) bond motifs is 1. The zero-order chi connectivity index (χ0) is 29.4. The van der Waals surface area contributed by atoms with Gasteiger partial charge >= 0.3 is 5.97 Å². The number of benzene rings is 1. The zero-order valence-corrected chi connectivity index (χ0v) is 24.7. The third-order valence-electron chi connectivity index (χ3n) is 5.17. The molecular weight excluding hydrogens is 562 g/mol. The minimum Gasteiger partial charge on any atom is -0.493 e. The van der Waals surface area contributed by atoms with Crippen LogP contribution in [0.3, 0.4) is 0 Å². The van der Waals surface area contributed by atoms with E-state index in [4.69, 9.17) is 23.4 Å². The fraction of sp³-hybridized carbons (Fsp3) is 0.360. The maximum atomic E-state index is 12.7. The molecule has 0 spiro atoms. The SMILES string of the molecule is CCOC(=O)c1sc2nc(CSc3nnc(-c4cc(OC)c(OC)c(OC)c4)o3)[nH]c(=O)c2c1C.CN(C)C=O. The lowest BCUT2D eigenvalue weighted by atomic mass is 10.2. The van der Waals surface area contributed by atoms with Gasteiger partial charge in [-0.3, -0.25) is 9.59 Å². The predicted octanol–water partition coefficient (Wildman–Crippen LogP) is 3.54. The van der Waals surface area contributed by atoms with Crippen LogP contribution in [0.4, 0.5) is 0 Å². The number of hydrogen-bond donors (Lipinski definition) is 1. The normalized spacial score (nSPS) is 10.5. The van der Waals surface area contributed by atoms with Gasteiger partial charge in [0.15, 0.2) is 11.5 Å². The second-order valence-corrected chi connectivity index (χ2v) is 10.0. The summed E-state index contributed by atoms with van der Waals surface area (Å²) in [6.07, 6.45) is 0.750. The van der Waals surface area contributed by atoms with Crippen molar-refractivity contribution in [3.63, 3.8) is 0 Å². The van der Waals surface area contributed by atoms with Crippen molar-refractivity contribution in [2.75, 3.05) is 42.0 Å². The van der Waals surface area contributed by atoms with Gasteiger partial charge in [0.1, 0.15) is 15.5 Å². The molecule has 15 heteroatoms. The summed E-state index contributed by atoms with van der Waals surface area (Å²) < 4.78 is 26.9. The number of carbonyl (C=O) groups excluding carboxylic acids is 2. The molecule has 4 rings (SSSR count). The first kappa shape index (κ1) is 30.4. The number of thiophene rings is 1. The van der Waals surface area contributed by atoms with Crippen LogP contribution < -0.4 is 19.8 Å². The third kappa shape index (κ3) is 6.90. The molecule has 1 amide bonds. The van der Waals surface area contributed by atoms with Crippen molar-refractivity contribution in [3.05, 3.63) is 38.8 Å². The highest BCUT2D eigenvalue weighted by molar-refractivity contribution is 7.98. The van der Waals surface area contributed by atoms with Crippen LogP contribution in [0.5, 0.6) is 17.2 Å². The molecule has 0 bridgehead atoms. The molecule has 0 saturated carbocycles. The van der Waals surface area contributed by atoms with Gasteiger partial charge in [-0.2, -0.15) is 0 Å². The van der Waals surface area contributed by atoms with Crippen LogP contribution in [-0.4, -0.2) is 79.5 Å². The summed E-state index contributed by atoms with van der Waals surface area (Å²) in [6, 6.07) is 3.41. The number of nitrogens with zero attached hydrogens (tertiary/aromatic N) is 4. The summed E-state index contributed by atoms with van der Waals surface area (Å²) in [5, 5.41) is 8.82. The minimum atomic E-state index is -0.464. The number of aromatic nitrogens is 4. The number of rotatable bonds is 10. The fourth-order valence-corrected chi connectivity index (χ4v) is 5.10. The highest BCUT2D eigenvalue weighted by Crippen LogP contribution is 2.41. The lowest BCUT2D eigenvalue weighted by Crippen LogP contribution is -2.11. The number of methoxy groups -OCH3 is 3. The average Bonchev–Trinajstić information content (AvgIpc) is 3.56. The molecule has 0 unspecified atom stereocenters. The minimum absolute atomic E-state index is 0.250. The number of thioether (sulfide) groups is 1. The van der Waals surface area contributed by atoms with Crippen molar-refractivity contribution in [3.8, 4) is 28.7 Å². The highest BCUT2D eigenvalue weighted by atomic mass is 32.2. The second kappa shape index (κ2) is 13.8. The molecule has 1 aromatic carbocycles. The fourth-order valence-electron chi connectivity index (χ4n) is 3.37. The number of hydrogen-bond acceptors (Lipinski definition) is 13. The quantitative estimate of drug-likeness (QED) is 0.163. The number of aryl methyl sites for hydroxylation is 1. The Labute approximate surface area is 237 Å². The molecule has 214 valence electrons. The summed E-state index contributed by atoms with van der Waals surface area (Å²) >= 11 is 2.35. The largest absolute Gasteiger partial charge is 0.493 e. The summed E-state index contributed by atoms with van der Waals surface area (Å²) in [6.45, 7) is 3.69. The Kier molecular flexibility index (Phi) is 10.5. The predicted molar refractivity (Wildman–Crippen MR) is 150 cm³/mol. The van der Waals surface area contributed by atoms with Crippen molar-refractivity contribution in [2.45, 2.75) is 24.8 Å². The van der Waals surface area contributed by atoms with Crippen molar-refractivity contribution in [2.24, 2.45) is 0 Å². The van der Waals surface area contributed by atoms with Gasteiger partial charge in [-0.15, -0.1) is 21.5 Å². The summed E-state index contributed by atoms with van der Waals surface area (Å²) in [5.74, 6) is 1.85. The molecule has 1 N–H and O–H groups in total. The van der Waals surface area contributed by atoms with Gasteiger partial charge in [0, 0.05) is 19.7 Å². The number of nitrogens with one attached hydrogen (secondary N) is 1. The van der Waals surface area contributed by atoms with Crippen LogP contribution in [0, 0.1) is 6.92 Å². The number of aromatic amines is 1. The molecule has 0 aliphatic heterocycles. The van der Waals surface area contributed by atoms with Gasteiger partial charge in [-0.25, -0.2) is 9.78 Å². The van der Waals surface area contributed by atoms with Gasteiger partial charge in [-0.1, -0.05) is 11.8 Å². The Hall–Kier alpha value is -4.11. The van der Waals surface area contributed by atoms with E-state index in [-0.39, 0.29) is 29.0 Å². The maximum Gasteiger partial charge on any atom is 0.348 e. The van der Waals surface area contributed by atoms with Crippen molar-refractivity contribution < 1.29 is 33.0 Å². The van der Waals surface area contributed by atoms with E-state index in [2.05, 4.69) is 20.2 Å². The van der Waals surface area contributed by atoms with Crippen LogP contribution in [0.2, 0.25) is 0 Å². The number of H-pyrrole nitrogens is 1. The molecule has 0 radical (unpaired) electrons. The Morgan fingerprint density at radius 3 is 2.35 bits per heavy atom. The molecule has 3 aromatic heterocycles. The number of amides is 1. The molecule has 0 aliphatic carbocycles.